The molecule has 0 saturated heterocycles. The van der Waals surface area contributed by atoms with Gasteiger partial charge in [0.1, 0.15) is 6.29 Å². The summed E-state index contributed by atoms with van der Waals surface area (Å²) in [6.45, 7) is 2.83. The highest BCUT2D eigenvalue weighted by Crippen LogP contribution is 2.32. The van der Waals surface area contributed by atoms with Gasteiger partial charge in [-0.1, -0.05) is 60.7 Å². The highest BCUT2D eigenvalue weighted by Gasteiger charge is 2.14. The van der Waals surface area contributed by atoms with Crippen LogP contribution in [0.2, 0.25) is 0 Å². The van der Waals surface area contributed by atoms with E-state index in [0.29, 0.717) is 0 Å². The van der Waals surface area contributed by atoms with E-state index in [9.17, 15) is 4.79 Å². The Morgan fingerprint density at radius 1 is 0.870 bits per heavy atom. The Morgan fingerprint density at radius 3 is 2.39 bits per heavy atom. The topological polar surface area (TPSA) is 22.0 Å². The number of carbonyl (C=O) groups excluding carboxylic acids is 1. The normalized spacial score (nSPS) is 11.2. The molecule has 0 aliphatic rings. The maximum Gasteiger partial charge on any atom is 0.150 e. The van der Waals surface area contributed by atoms with Crippen molar-refractivity contribution in [3.63, 3.8) is 0 Å². The molecule has 0 radical (unpaired) electrons. The Kier molecular flexibility index (Phi) is 3.23. The van der Waals surface area contributed by atoms with Crippen LogP contribution in [-0.4, -0.2) is 10.9 Å². The fraction of sp³-hybridized carbons (Fsp3) is 0.0952. The molecule has 0 aliphatic carbocycles. The van der Waals surface area contributed by atoms with Crippen molar-refractivity contribution in [2.45, 2.75) is 13.5 Å². The summed E-state index contributed by atoms with van der Waals surface area (Å²) in [7, 11) is 0. The number of aryl methyl sites for hydroxylation is 1. The summed E-state index contributed by atoms with van der Waals surface area (Å²) in [6.07, 6.45) is 0.944. The van der Waals surface area contributed by atoms with E-state index < -0.39 is 0 Å². The predicted octanol–water partition coefficient (Wildman–Crippen LogP) is 4.96. The minimum Gasteiger partial charge on any atom is -0.336 e. The fourth-order valence-electron chi connectivity index (χ4n) is 3.40. The van der Waals surface area contributed by atoms with E-state index in [1.54, 1.807) is 0 Å². The SMILES string of the molecule is Cc1c(C=O)ccc2c3ccccc3n(Cc3ccccc3)c12. The summed E-state index contributed by atoms with van der Waals surface area (Å²) >= 11 is 0. The maximum absolute atomic E-state index is 11.3. The Hall–Kier alpha value is -2.87. The molecule has 0 aliphatic heterocycles. The van der Waals surface area contributed by atoms with E-state index in [0.717, 1.165) is 29.5 Å². The molecule has 0 unspecified atom stereocenters. The summed E-state index contributed by atoms with van der Waals surface area (Å²) in [5, 5.41) is 2.44. The lowest BCUT2D eigenvalue weighted by atomic mass is 10.0. The van der Waals surface area contributed by atoms with Crippen LogP contribution in [-0.2, 0) is 6.54 Å². The summed E-state index contributed by atoms with van der Waals surface area (Å²) < 4.78 is 2.32. The van der Waals surface area contributed by atoms with Crippen molar-refractivity contribution >= 4 is 28.1 Å². The predicted molar refractivity (Wildman–Crippen MR) is 95.1 cm³/mol. The zero-order chi connectivity index (χ0) is 15.8. The number of para-hydroxylation sites is 1. The number of rotatable bonds is 3. The van der Waals surface area contributed by atoms with Gasteiger partial charge in [0.15, 0.2) is 0 Å². The molecule has 1 heterocycles. The molecule has 0 saturated carbocycles. The van der Waals surface area contributed by atoms with Crippen molar-refractivity contribution in [3.8, 4) is 0 Å². The summed E-state index contributed by atoms with van der Waals surface area (Å²) in [6, 6.07) is 22.9. The molecule has 23 heavy (non-hydrogen) atoms. The number of nitrogens with zero attached hydrogens (tertiary/aromatic N) is 1. The Morgan fingerprint density at radius 2 is 1.61 bits per heavy atom. The highest BCUT2D eigenvalue weighted by atomic mass is 16.1. The van der Waals surface area contributed by atoms with E-state index in [2.05, 4.69) is 59.2 Å². The van der Waals surface area contributed by atoms with Gasteiger partial charge in [0.25, 0.3) is 0 Å². The van der Waals surface area contributed by atoms with Crippen molar-refractivity contribution in [1.82, 2.24) is 4.57 Å². The molecule has 0 spiro atoms. The maximum atomic E-state index is 11.3. The van der Waals surface area contributed by atoms with E-state index >= 15 is 0 Å². The molecule has 0 fully saturated rings. The monoisotopic (exact) mass is 299 g/mol. The van der Waals surface area contributed by atoms with Crippen molar-refractivity contribution in [2.75, 3.05) is 0 Å². The molecule has 0 atom stereocenters. The van der Waals surface area contributed by atoms with Gasteiger partial charge in [-0.2, -0.15) is 0 Å². The Labute approximate surface area is 135 Å². The van der Waals surface area contributed by atoms with Crippen molar-refractivity contribution < 1.29 is 4.79 Å². The molecule has 112 valence electrons. The number of aldehydes is 1. The van der Waals surface area contributed by atoms with Gasteiger partial charge in [-0.25, -0.2) is 0 Å². The lowest BCUT2D eigenvalue weighted by Gasteiger charge is -2.10. The molecule has 2 nitrogen and oxygen atoms in total. The Balaban J connectivity index is 2.08. The standard InChI is InChI=1S/C21H17NO/c1-15-17(14-23)11-12-19-18-9-5-6-10-20(18)22(21(15)19)13-16-7-3-2-4-8-16/h2-12,14H,13H2,1H3. The number of carbonyl (C=O) groups is 1. The van der Waals surface area contributed by atoms with Crippen LogP contribution in [0.1, 0.15) is 21.5 Å². The number of hydrogen-bond donors (Lipinski definition) is 0. The van der Waals surface area contributed by atoms with Gasteiger partial charge in [-0.3, -0.25) is 4.79 Å². The largest absolute Gasteiger partial charge is 0.336 e. The Bertz CT molecular complexity index is 1010. The zero-order valence-electron chi connectivity index (χ0n) is 13.0. The molecule has 3 aromatic carbocycles. The van der Waals surface area contributed by atoms with Crippen molar-refractivity contribution in [1.29, 1.82) is 0 Å². The van der Waals surface area contributed by atoms with Gasteiger partial charge in [-0.05, 0) is 24.1 Å². The van der Waals surface area contributed by atoms with Gasteiger partial charge >= 0.3 is 0 Å². The second kappa shape index (κ2) is 5.40. The van der Waals surface area contributed by atoms with Crippen LogP contribution < -0.4 is 0 Å². The molecule has 4 rings (SSSR count). The van der Waals surface area contributed by atoms with Crippen LogP contribution in [0.3, 0.4) is 0 Å². The number of aromatic nitrogens is 1. The van der Waals surface area contributed by atoms with Gasteiger partial charge in [0.2, 0.25) is 0 Å². The molecule has 4 aromatic rings. The smallest absolute Gasteiger partial charge is 0.150 e. The first-order valence-corrected chi connectivity index (χ1v) is 7.79. The molecule has 1 aromatic heterocycles. The summed E-state index contributed by atoms with van der Waals surface area (Å²) in [5.41, 5.74) is 5.42. The first-order chi connectivity index (χ1) is 11.3. The van der Waals surface area contributed by atoms with Gasteiger partial charge in [0.05, 0.1) is 5.52 Å². The number of benzene rings is 3. The average Bonchev–Trinajstić information content (AvgIpc) is 2.91. The van der Waals surface area contributed by atoms with Gasteiger partial charge in [0, 0.05) is 28.4 Å². The first kappa shape index (κ1) is 13.8. The second-order valence-corrected chi connectivity index (χ2v) is 5.88. The lowest BCUT2D eigenvalue weighted by molar-refractivity contribution is 0.112. The van der Waals surface area contributed by atoms with E-state index in [1.165, 1.54) is 21.9 Å². The van der Waals surface area contributed by atoms with E-state index in [4.69, 9.17) is 0 Å². The van der Waals surface area contributed by atoms with E-state index in [1.807, 2.05) is 19.1 Å². The van der Waals surface area contributed by atoms with Crippen LogP contribution in [0.15, 0.2) is 66.7 Å². The zero-order valence-corrected chi connectivity index (χ0v) is 13.0. The lowest BCUT2D eigenvalue weighted by Crippen LogP contribution is -2.01. The van der Waals surface area contributed by atoms with Crippen LogP contribution in [0.25, 0.3) is 21.8 Å². The molecular formula is C21H17NO. The fourth-order valence-corrected chi connectivity index (χ4v) is 3.40. The summed E-state index contributed by atoms with van der Waals surface area (Å²) in [5.74, 6) is 0. The minimum absolute atomic E-state index is 0.759. The quantitative estimate of drug-likeness (QED) is 0.490. The van der Waals surface area contributed by atoms with Gasteiger partial charge < -0.3 is 4.57 Å². The van der Waals surface area contributed by atoms with Crippen molar-refractivity contribution in [3.05, 3.63) is 83.4 Å². The van der Waals surface area contributed by atoms with Crippen LogP contribution >= 0.6 is 0 Å². The molecule has 2 heteroatoms. The first-order valence-electron chi connectivity index (χ1n) is 7.79. The highest BCUT2D eigenvalue weighted by molar-refractivity contribution is 6.10. The van der Waals surface area contributed by atoms with Crippen LogP contribution in [0.5, 0.6) is 0 Å². The third-order valence-electron chi connectivity index (χ3n) is 4.54. The average molecular weight is 299 g/mol. The molecule has 0 amide bonds. The molecule has 0 bridgehead atoms. The summed E-state index contributed by atoms with van der Waals surface area (Å²) in [4.78, 5) is 11.3. The molecule has 0 N–H and O–H groups in total. The van der Waals surface area contributed by atoms with E-state index in [-0.39, 0.29) is 0 Å². The minimum atomic E-state index is 0.759. The third kappa shape index (κ3) is 2.15. The van der Waals surface area contributed by atoms with Crippen molar-refractivity contribution in [2.24, 2.45) is 0 Å². The van der Waals surface area contributed by atoms with Crippen LogP contribution in [0, 0.1) is 6.92 Å². The van der Waals surface area contributed by atoms with Gasteiger partial charge in [-0.15, -0.1) is 0 Å². The second-order valence-electron chi connectivity index (χ2n) is 5.88. The number of fused-ring (bicyclic) bond motifs is 3. The molecular weight excluding hydrogens is 282 g/mol. The number of hydrogen-bond acceptors (Lipinski definition) is 1. The van der Waals surface area contributed by atoms with Crippen LogP contribution in [0.4, 0.5) is 0 Å². The third-order valence-corrected chi connectivity index (χ3v) is 4.54.